The number of hydrogen-bond donors (Lipinski definition) is 0. The average molecular weight is 490 g/mol. The molecule has 0 unspecified atom stereocenters. The number of aryl methyl sites for hydroxylation is 5. The highest BCUT2D eigenvalue weighted by molar-refractivity contribution is 7.00. The van der Waals surface area contributed by atoms with Crippen LogP contribution in [-0.4, -0.2) is 6.71 Å². The molecule has 2 aliphatic heterocycles. The van der Waals surface area contributed by atoms with Crippen molar-refractivity contribution in [1.29, 1.82) is 0 Å². The Morgan fingerprint density at radius 3 is 1.89 bits per heavy atom. The first-order chi connectivity index (χ1) is 18.4. The maximum atomic E-state index is 2.51. The van der Waals surface area contributed by atoms with E-state index in [0.29, 0.717) is 0 Å². The van der Waals surface area contributed by atoms with Crippen LogP contribution in [0.15, 0.2) is 97.1 Å². The highest BCUT2D eigenvalue weighted by atomic mass is 15.2. The van der Waals surface area contributed by atoms with E-state index < -0.39 is 0 Å². The maximum absolute atomic E-state index is 2.51. The van der Waals surface area contributed by atoms with Crippen LogP contribution in [0.25, 0.3) is 0 Å². The quantitative estimate of drug-likeness (QED) is 0.235. The lowest BCUT2D eigenvalue weighted by Gasteiger charge is -2.45. The molecular formula is C35H31BN2. The van der Waals surface area contributed by atoms with Crippen LogP contribution >= 0.6 is 0 Å². The van der Waals surface area contributed by atoms with Gasteiger partial charge in [-0.25, -0.2) is 0 Å². The summed E-state index contributed by atoms with van der Waals surface area (Å²) < 4.78 is 0. The van der Waals surface area contributed by atoms with E-state index in [2.05, 4.69) is 141 Å². The Hall–Kier alpha value is -4.24. The standard InChI is InChI=1S/C35H31BN2/c1-22-10-14-27(15-11-22)37-32-16-12-23(2)21-30(32)36-29-8-6-7-9-31(29)38(28-19-24(3)18-25(4)20-28)35-26(5)13-17-33(37)34(35)36/h6-21H,1-5H3. The number of anilines is 6. The maximum Gasteiger partial charge on any atom is 0.252 e. The molecule has 0 atom stereocenters. The summed E-state index contributed by atoms with van der Waals surface area (Å²) in [7, 11) is 0. The largest absolute Gasteiger partial charge is 0.311 e. The summed E-state index contributed by atoms with van der Waals surface area (Å²) in [5, 5.41) is 0. The number of benzene rings is 5. The van der Waals surface area contributed by atoms with Crippen LogP contribution in [-0.2, 0) is 0 Å². The molecule has 5 aromatic rings. The van der Waals surface area contributed by atoms with E-state index in [0.717, 1.165) is 0 Å². The predicted octanol–water partition coefficient (Wildman–Crippen LogP) is 7.31. The third kappa shape index (κ3) is 3.35. The lowest BCUT2D eigenvalue weighted by Crippen LogP contribution is -2.61. The molecule has 2 aliphatic rings. The second-order valence-corrected chi connectivity index (χ2v) is 11.1. The van der Waals surface area contributed by atoms with Gasteiger partial charge < -0.3 is 9.80 Å². The third-order valence-corrected chi connectivity index (χ3v) is 8.13. The lowest BCUT2D eigenvalue weighted by atomic mass is 9.33. The van der Waals surface area contributed by atoms with Crippen molar-refractivity contribution in [3.63, 3.8) is 0 Å². The zero-order valence-corrected chi connectivity index (χ0v) is 22.7. The first-order valence-corrected chi connectivity index (χ1v) is 13.5. The SMILES string of the molecule is Cc1ccc(N2c3ccc(C)cc3B3c4ccccc4N(c4cc(C)cc(C)c4)c4c(C)ccc2c43)cc1. The van der Waals surface area contributed by atoms with Gasteiger partial charge in [-0.05, 0) is 110 Å². The van der Waals surface area contributed by atoms with Crippen molar-refractivity contribution in [1.82, 2.24) is 0 Å². The Labute approximate surface area is 226 Å². The molecule has 5 aromatic carbocycles. The van der Waals surface area contributed by atoms with Gasteiger partial charge in [0, 0.05) is 34.1 Å². The van der Waals surface area contributed by atoms with E-state index >= 15 is 0 Å². The summed E-state index contributed by atoms with van der Waals surface area (Å²) >= 11 is 0. The van der Waals surface area contributed by atoms with Gasteiger partial charge in [-0.15, -0.1) is 0 Å². The molecule has 3 heteroatoms. The number of para-hydroxylation sites is 1. The lowest BCUT2D eigenvalue weighted by molar-refractivity contribution is 1.21. The van der Waals surface area contributed by atoms with Crippen LogP contribution in [0, 0.1) is 34.6 Å². The van der Waals surface area contributed by atoms with E-state index in [1.165, 1.54) is 78.3 Å². The molecule has 7 rings (SSSR count). The van der Waals surface area contributed by atoms with Crippen LogP contribution in [0.2, 0.25) is 0 Å². The van der Waals surface area contributed by atoms with Gasteiger partial charge in [0.15, 0.2) is 0 Å². The molecule has 0 fully saturated rings. The summed E-state index contributed by atoms with van der Waals surface area (Å²) in [4.78, 5) is 4.98. The van der Waals surface area contributed by atoms with Crippen LogP contribution in [0.5, 0.6) is 0 Å². The molecule has 0 aromatic heterocycles. The molecule has 0 spiro atoms. The van der Waals surface area contributed by atoms with Gasteiger partial charge >= 0.3 is 0 Å². The fourth-order valence-electron chi connectivity index (χ4n) is 6.58. The molecule has 0 radical (unpaired) electrons. The van der Waals surface area contributed by atoms with Gasteiger partial charge in [0.25, 0.3) is 6.71 Å². The minimum atomic E-state index is 0.176. The van der Waals surface area contributed by atoms with Crippen LogP contribution < -0.4 is 26.2 Å². The van der Waals surface area contributed by atoms with Crippen molar-refractivity contribution in [2.24, 2.45) is 0 Å². The first-order valence-electron chi connectivity index (χ1n) is 13.5. The predicted molar refractivity (Wildman–Crippen MR) is 164 cm³/mol. The molecule has 184 valence electrons. The van der Waals surface area contributed by atoms with Crippen LogP contribution in [0.3, 0.4) is 0 Å². The molecule has 0 saturated carbocycles. The fraction of sp³-hybridized carbons (Fsp3) is 0.143. The Morgan fingerprint density at radius 2 is 1.13 bits per heavy atom. The van der Waals surface area contributed by atoms with Crippen molar-refractivity contribution in [2.75, 3.05) is 9.80 Å². The van der Waals surface area contributed by atoms with Gasteiger partial charge in [0.1, 0.15) is 0 Å². The Morgan fingerprint density at radius 1 is 0.474 bits per heavy atom. The van der Waals surface area contributed by atoms with E-state index in [4.69, 9.17) is 0 Å². The van der Waals surface area contributed by atoms with Crippen molar-refractivity contribution in [3.8, 4) is 0 Å². The molecule has 0 aliphatic carbocycles. The summed E-state index contributed by atoms with van der Waals surface area (Å²) in [6, 6.07) is 36.4. The fourth-order valence-corrected chi connectivity index (χ4v) is 6.58. The third-order valence-electron chi connectivity index (χ3n) is 8.13. The second-order valence-electron chi connectivity index (χ2n) is 11.1. The van der Waals surface area contributed by atoms with E-state index in [-0.39, 0.29) is 6.71 Å². The van der Waals surface area contributed by atoms with E-state index in [1.54, 1.807) is 0 Å². The molecule has 2 heterocycles. The molecule has 0 saturated heterocycles. The van der Waals surface area contributed by atoms with Crippen molar-refractivity contribution >= 4 is 57.2 Å². The van der Waals surface area contributed by atoms with Gasteiger partial charge in [-0.1, -0.05) is 65.7 Å². The second kappa shape index (κ2) is 8.39. The summed E-state index contributed by atoms with van der Waals surface area (Å²) in [5.41, 5.74) is 18.1. The zero-order chi connectivity index (χ0) is 26.1. The summed E-state index contributed by atoms with van der Waals surface area (Å²) in [6.07, 6.45) is 0. The van der Waals surface area contributed by atoms with Gasteiger partial charge in [0.05, 0.1) is 0 Å². The molecule has 38 heavy (non-hydrogen) atoms. The Bertz CT molecular complexity index is 1710. The summed E-state index contributed by atoms with van der Waals surface area (Å²) in [6.45, 7) is 11.2. The zero-order valence-electron chi connectivity index (χ0n) is 22.7. The highest BCUT2D eigenvalue weighted by Gasteiger charge is 2.43. The molecule has 2 nitrogen and oxygen atoms in total. The number of fused-ring (bicyclic) bond motifs is 4. The number of nitrogens with zero attached hydrogens (tertiary/aromatic N) is 2. The highest BCUT2D eigenvalue weighted by Crippen LogP contribution is 2.45. The van der Waals surface area contributed by atoms with Gasteiger partial charge in [-0.2, -0.15) is 0 Å². The Kier molecular flexibility index (Phi) is 5.06. The van der Waals surface area contributed by atoms with E-state index in [9.17, 15) is 0 Å². The first kappa shape index (κ1) is 22.9. The molecule has 0 bridgehead atoms. The van der Waals surface area contributed by atoms with Crippen LogP contribution in [0.4, 0.5) is 34.1 Å². The minimum Gasteiger partial charge on any atom is -0.311 e. The van der Waals surface area contributed by atoms with Crippen molar-refractivity contribution in [3.05, 3.63) is 125 Å². The van der Waals surface area contributed by atoms with Gasteiger partial charge in [-0.3, -0.25) is 0 Å². The number of rotatable bonds is 2. The minimum absolute atomic E-state index is 0.176. The average Bonchev–Trinajstić information content (AvgIpc) is 2.90. The molecule has 0 amide bonds. The van der Waals surface area contributed by atoms with Crippen molar-refractivity contribution in [2.45, 2.75) is 34.6 Å². The van der Waals surface area contributed by atoms with Crippen molar-refractivity contribution < 1.29 is 0 Å². The topological polar surface area (TPSA) is 6.48 Å². The van der Waals surface area contributed by atoms with E-state index in [1.807, 2.05) is 0 Å². The van der Waals surface area contributed by atoms with Gasteiger partial charge in [0.2, 0.25) is 0 Å². The normalized spacial score (nSPS) is 13.2. The monoisotopic (exact) mass is 490 g/mol. The Balaban J connectivity index is 1.60. The van der Waals surface area contributed by atoms with Crippen LogP contribution in [0.1, 0.15) is 27.8 Å². The number of hydrogen-bond acceptors (Lipinski definition) is 2. The molecule has 0 N–H and O–H groups in total. The molecular weight excluding hydrogens is 459 g/mol. The smallest absolute Gasteiger partial charge is 0.252 e. The summed E-state index contributed by atoms with van der Waals surface area (Å²) in [5.74, 6) is 0.